The Balaban J connectivity index is 2.08. The predicted molar refractivity (Wildman–Crippen MR) is 75.0 cm³/mol. The number of rotatable bonds is 3. The lowest BCUT2D eigenvalue weighted by Crippen LogP contribution is -1.98. The van der Waals surface area contributed by atoms with Crippen LogP contribution in [0.15, 0.2) is 48.8 Å². The van der Waals surface area contributed by atoms with Gasteiger partial charge in [0, 0.05) is 5.69 Å². The second kappa shape index (κ2) is 4.75. The molecule has 0 spiro atoms. The van der Waals surface area contributed by atoms with E-state index >= 15 is 0 Å². The topological polar surface area (TPSA) is 92.4 Å². The standard InChI is InChI=1S/C15H10N2O4/c18-14(19)9-1-4-11(5-2-9)17-8-16-12-7-10(15(20)21)3-6-13(12)17/h1-8H,(H,18,19)(H,20,21). The Hall–Kier alpha value is -3.15. The van der Waals surface area contributed by atoms with Crippen molar-refractivity contribution >= 4 is 23.0 Å². The zero-order chi connectivity index (χ0) is 15.0. The Morgan fingerprint density at radius 3 is 2.14 bits per heavy atom. The molecule has 21 heavy (non-hydrogen) atoms. The first-order valence-electron chi connectivity index (χ1n) is 6.10. The smallest absolute Gasteiger partial charge is 0.335 e. The molecule has 104 valence electrons. The SMILES string of the molecule is O=C(O)c1ccc(-n2cnc3cc(C(=O)O)ccc32)cc1. The zero-order valence-electron chi connectivity index (χ0n) is 10.7. The third-order valence-electron chi connectivity index (χ3n) is 3.19. The van der Waals surface area contributed by atoms with E-state index in [2.05, 4.69) is 4.98 Å². The normalized spacial score (nSPS) is 10.7. The van der Waals surface area contributed by atoms with Crippen molar-refractivity contribution in [3.05, 3.63) is 59.9 Å². The number of fused-ring (bicyclic) bond motifs is 1. The van der Waals surface area contributed by atoms with Gasteiger partial charge in [0.15, 0.2) is 0 Å². The minimum Gasteiger partial charge on any atom is -0.478 e. The van der Waals surface area contributed by atoms with Crippen LogP contribution in [0.5, 0.6) is 0 Å². The molecule has 1 aromatic heterocycles. The first-order valence-corrected chi connectivity index (χ1v) is 6.10. The van der Waals surface area contributed by atoms with Crippen LogP contribution in [0.3, 0.4) is 0 Å². The van der Waals surface area contributed by atoms with Crippen LogP contribution in [0.1, 0.15) is 20.7 Å². The van der Waals surface area contributed by atoms with Crippen LogP contribution in [-0.4, -0.2) is 31.7 Å². The van der Waals surface area contributed by atoms with Crippen molar-refractivity contribution in [2.75, 3.05) is 0 Å². The Kier molecular flexibility index (Phi) is 2.91. The van der Waals surface area contributed by atoms with E-state index in [0.29, 0.717) is 5.52 Å². The minimum absolute atomic E-state index is 0.175. The zero-order valence-corrected chi connectivity index (χ0v) is 10.7. The van der Waals surface area contributed by atoms with E-state index in [1.165, 1.54) is 24.3 Å². The fraction of sp³-hybridized carbons (Fsp3) is 0. The lowest BCUT2D eigenvalue weighted by molar-refractivity contribution is 0.0686. The van der Waals surface area contributed by atoms with E-state index in [1.807, 2.05) is 0 Å². The maximum atomic E-state index is 10.9. The van der Waals surface area contributed by atoms with Crippen LogP contribution in [0, 0.1) is 0 Å². The molecule has 0 radical (unpaired) electrons. The summed E-state index contributed by atoms with van der Waals surface area (Å²) in [4.78, 5) is 25.9. The molecule has 2 N–H and O–H groups in total. The molecule has 0 aliphatic carbocycles. The van der Waals surface area contributed by atoms with Gasteiger partial charge in [-0.15, -0.1) is 0 Å². The Morgan fingerprint density at radius 2 is 1.52 bits per heavy atom. The molecule has 0 saturated heterocycles. The van der Waals surface area contributed by atoms with Gasteiger partial charge in [0.1, 0.15) is 6.33 Å². The second-order valence-electron chi connectivity index (χ2n) is 4.48. The number of imidazole rings is 1. The van der Waals surface area contributed by atoms with Gasteiger partial charge in [0.25, 0.3) is 0 Å². The highest BCUT2D eigenvalue weighted by Gasteiger charge is 2.09. The molecule has 3 aromatic rings. The summed E-state index contributed by atoms with van der Waals surface area (Å²) >= 11 is 0. The van der Waals surface area contributed by atoms with Gasteiger partial charge in [-0.25, -0.2) is 14.6 Å². The quantitative estimate of drug-likeness (QED) is 0.769. The molecule has 2 aromatic carbocycles. The van der Waals surface area contributed by atoms with Gasteiger partial charge in [-0.05, 0) is 42.5 Å². The van der Waals surface area contributed by atoms with Crippen LogP contribution < -0.4 is 0 Å². The molecule has 0 unspecified atom stereocenters. The summed E-state index contributed by atoms with van der Waals surface area (Å²) in [7, 11) is 0. The molecule has 0 amide bonds. The molecule has 0 fully saturated rings. The van der Waals surface area contributed by atoms with E-state index in [0.717, 1.165) is 11.2 Å². The Bertz CT molecular complexity index is 850. The van der Waals surface area contributed by atoms with Gasteiger partial charge in [-0.2, -0.15) is 0 Å². The second-order valence-corrected chi connectivity index (χ2v) is 4.48. The fourth-order valence-corrected chi connectivity index (χ4v) is 2.12. The largest absolute Gasteiger partial charge is 0.478 e. The molecule has 0 aliphatic rings. The predicted octanol–water partition coefficient (Wildman–Crippen LogP) is 2.42. The lowest BCUT2D eigenvalue weighted by Gasteiger charge is -2.05. The highest BCUT2D eigenvalue weighted by atomic mass is 16.4. The van der Waals surface area contributed by atoms with E-state index in [4.69, 9.17) is 10.2 Å². The van der Waals surface area contributed by atoms with Crippen LogP contribution in [-0.2, 0) is 0 Å². The lowest BCUT2D eigenvalue weighted by atomic mass is 10.2. The van der Waals surface area contributed by atoms with Gasteiger partial charge in [-0.3, -0.25) is 4.57 Å². The fourth-order valence-electron chi connectivity index (χ4n) is 2.12. The number of carbonyl (C=O) groups is 2. The third kappa shape index (κ3) is 2.23. The number of aromatic carboxylic acids is 2. The highest BCUT2D eigenvalue weighted by molar-refractivity contribution is 5.92. The maximum Gasteiger partial charge on any atom is 0.335 e. The molecule has 6 heteroatoms. The minimum atomic E-state index is -1.00. The van der Waals surface area contributed by atoms with Crippen molar-refractivity contribution in [3.8, 4) is 5.69 Å². The van der Waals surface area contributed by atoms with Crippen molar-refractivity contribution in [2.24, 2.45) is 0 Å². The first-order chi connectivity index (χ1) is 10.1. The number of carboxylic acids is 2. The van der Waals surface area contributed by atoms with Crippen molar-refractivity contribution in [2.45, 2.75) is 0 Å². The van der Waals surface area contributed by atoms with Crippen LogP contribution in [0.4, 0.5) is 0 Å². The van der Waals surface area contributed by atoms with E-state index in [9.17, 15) is 9.59 Å². The highest BCUT2D eigenvalue weighted by Crippen LogP contribution is 2.20. The molecular formula is C15H10N2O4. The summed E-state index contributed by atoms with van der Waals surface area (Å²) in [6.45, 7) is 0. The van der Waals surface area contributed by atoms with Crippen LogP contribution in [0.2, 0.25) is 0 Å². The molecule has 6 nitrogen and oxygen atoms in total. The summed E-state index contributed by atoms with van der Waals surface area (Å²) in [5.74, 6) is -1.99. The Morgan fingerprint density at radius 1 is 0.905 bits per heavy atom. The van der Waals surface area contributed by atoms with Crippen molar-refractivity contribution in [1.29, 1.82) is 0 Å². The van der Waals surface area contributed by atoms with Gasteiger partial charge < -0.3 is 10.2 Å². The molecule has 3 rings (SSSR count). The summed E-state index contributed by atoms with van der Waals surface area (Å²) in [6, 6.07) is 11.1. The van der Waals surface area contributed by atoms with E-state index < -0.39 is 11.9 Å². The number of hydrogen-bond donors (Lipinski definition) is 2. The molecule has 0 bridgehead atoms. The third-order valence-corrected chi connectivity index (χ3v) is 3.19. The molecule has 1 heterocycles. The van der Waals surface area contributed by atoms with E-state index in [-0.39, 0.29) is 11.1 Å². The average molecular weight is 282 g/mol. The van der Waals surface area contributed by atoms with Crippen molar-refractivity contribution in [1.82, 2.24) is 9.55 Å². The van der Waals surface area contributed by atoms with Gasteiger partial charge in [0.2, 0.25) is 0 Å². The summed E-state index contributed by atoms with van der Waals surface area (Å²) in [6.07, 6.45) is 1.58. The number of aromatic nitrogens is 2. The van der Waals surface area contributed by atoms with Crippen LogP contribution >= 0.6 is 0 Å². The summed E-state index contributed by atoms with van der Waals surface area (Å²) < 4.78 is 1.77. The van der Waals surface area contributed by atoms with E-state index in [1.54, 1.807) is 29.1 Å². The summed E-state index contributed by atoms with van der Waals surface area (Å²) in [5.41, 5.74) is 2.45. The number of benzene rings is 2. The monoisotopic (exact) mass is 282 g/mol. The van der Waals surface area contributed by atoms with Crippen LogP contribution in [0.25, 0.3) is 16.7 Å². The molecular weight excluding hydrogens is 272 g/mol. The number of carboxylic acid groups (broad SMARTS) is 2. The van der Waals surface area contributed by atoms with Gasteiger partial charge >= 0.3 is 11.9 Å². The van der Waals surface area contributed by atoms with Gasteiger partial charge in [0.05, 0.1) is 22.2 Å². The number of hydrogen-bond acceptors (Lipinski definition) is 3. The first kappa shape index (κ1) is 12.9. The summed E-state index contributed by atoms with van der Waals surface area (Å²) in [5, 5.41) is 17.8. The molecule has 0 aliphatic heterocycles. The Labute approximate surface area is 118 Å². The molecule has 0 saturated carbocycles. The van der Waals surface area contributed by atoms with Gasteiger partial charge in [-0.1, -0.05) is 0 Å². The van der Waals surface area contributed by atoms with Crippen molar-refractivity contribution in [3.63, 3.8) is 0 Å². The van der Waals surface area contributed by atoms with Crippen molar-refractivity contribution < 1.29 is 19.8 Å². The molecule has 0 atom stereocenters. The number of nitrogens with zero attached hydrogens (tertiary/aromatic N) is 2. The average Bonchev–Trinajstić information content (AvgIpc) is 2.90. The maximum absolute atomic E-state index is 10.9.